The van der Waals surface area contributed by atoms with Gasteiger partial charge in [0.25, 0.3) is 0 Å². The summed E-state index contributed by atoms with van der Waals surface area (Å²) in [5.74, 6) is 0. The second-order valence-corrected chi connectivity index (χ2v) is 3.92. The number of hydrogen-bond donors (Lipinski definition) is 0. The predicted octanol–water partition coefficient (Wildman–Crippen LogP) is -8.35. The summed E-state index contributed by atoms with van der Waals surface area (Å²) in [4.78, 5) is 56.2. The topological polar surface area (TPSA) is 148 Å². The summed E-state index contributed by atoms with van der Waals surface area (Å²) in [6.45, 7) is 0. The van der Waals surface area contributed by atoms with E-state index in [0.29, 0.717) is 0 Å². The van der Waals surface area contributed by atoms with Gasteiger partial charge in [0, 0.05) is 0 Å². The van der Waals surface area contributed by atoms with E-state index in [0.717, 1.165) is 0 Å². The van der Waals surface area contributed by atoms with Gasteiger partial charge in [-0.05, 0) is 0 Å². The first-order chi connectivity index (χ1) is 3.71. The van der Waals surface area contributed by atoms with Crippen LogP contribution in [0.25, 0.3) is 0 Å². The fraction of sp³-hybridized carbons (Fsp3) is 0. The molecule has 0 aromatic rings. The molecule has 12 heavy (non-hydrogen) atoms. The Kier molecular flexibility index (Phi) is 16.3. The Balaban J connectivity index is -0.000000107. The molecule has 0 aliphatic rings. The molecule has 0 spiro atoms. The van der Waals surface area contributed by atoms with Gasteiger partial charge in [-0.1, -0.05) is 0 Å². The third-order valence-corrected chi connectivity index (χ3v) is 2.25. The van der Waals surface area contributed by atoms with Gasteiger partial charge in [-0.15, -0.1) is 18.1 Å². The van der Waals surface area contributed by atoms with Gasteiger partial charge in [0.1, 0.15) is 0 Å². The minimum absolute atomic E-state index is 0. The molecule has 0 aliphatic heterocycles. The normalized spacial score (nSPS) is 10.5. The van der Waals surface area contributed by atoms with Crippen LogP contribution in [-0.4, -0.2) is 41.1 Å². The second kappa shape index (κ2) is 8.26. The summed E-state index contributed by atoms with van der Waals surface area (Å²) in [6, 6.07) is 0. The van der Waals surface area contributed by atoms with Crippen molar-refractivity contribution in [3.8, 4) is 0 Å². The standard InChI is InChI=1S/2Co.Mg.O7Si2/c;;;1-8(2,3)7-9(4,5)6/q3*+2;-6. The van der Waals surface area contributed by atoms with Gasteiger partial charge < -0.3 is 32.9 Å². The molecule has 2 radical (unpaired) electrons. The van der Waals surface area contributed by atoms with Gasteiger partial charge in [0.15, 0.2) is 0 Å². The van der Waals surface area contributed by atoms with Crippen molar-refractivity contribution >= 4 is 41.1 Å². The molecule has 0 heterocycles. The Labute approximate surface area is 107 Å². The molecule has 0 fully saturated rings. The largest absolute Gasteiger partial charge is 2.00 e. The molecule has 0 atom stereocenters. The third kappa shape index (κ3) is 22.7. The fourth-order valence-corrected chi connectivity index (χ4v) is 1.38. The zero-order valence-corrected chi connectivity index (χ0v) is 10.7. The minimum Gasteiger partial charge on any atom is -0.862 e. The van der Waals surface area contributed by atoms with Gasteiger partial charge in [-0.25, -0.2) is 0 Å². The zero-order valence-electron chi connectivity index (χ0n) is 5.23. The van der Waals surface area contributed by atoms with Crippen molar-refractivity contribution in [3.63, 3.8) is 0 Å². The summed E-state index contributed by atoms with van der Waals surface area (Å²) in [5, 5.41) is 0. The molecule has 12 heteroatoms. The quantitative estimate of drug-likeness (QED) is 0.460. The van der Waals surface area contributed by atoms with E-state index in [-0.39, 0.29) is 56.6 Å². The van der Waals surface area contributed by atoms with E-state index in [1.165, 1.54) is 0 Å². The maximum Gasteiger partial charge on any atom is 2.00 e. The SMILES string of the molecule is [Co+2].[Co+2].[Mg+2].[O-][Si]([O-])([O-])O[Si]([O-])([O-])[O-]. The molecule has 0 aromatic carbocycles. The van der Waals surface area contributed by atoms with E-state index in [4.69, 9.17) is 0 Å². The molecule has 0 saturated carbocycles. The van der Waals surface area contributed by atoms with E-state index >= 15 is 0 Å². The van der Waals surface area contributed by atoms with E-state index in [9.17, 15) is 28.8 Å². The maximum absolute atomic E-state index is 9.36. The van der Waals surface area contributed by atoms with Crippen molar-refractivity contribution in [2.45, 2.75) is 0 Å². The molecule has 70 valence electrons. The van der Waals surface area contributed by atoms with Crippen LogP contribution in [0.5, 0.6) is 0 Å². The average Bonchev–Trinajstić information content (AvgIpc) is 1.14. The molecule has 0 rings (SSSR count). The summed E-state index contributed by atoms with van der Waals surface area (Å²) in [5.41, 5.74) is 0. The zero-order chi connectivity index (χ0) is 7.71. The first-order valence-corrected chi connectivity index (χ1v) is 4.90. The van der Waals surface area contributed by atoms with Crippen molar-refractivity contribution in [1.82, 2.24) is 0 Å². The van der Waals surface area contributed by atoms with Crippen molar-refractivity contribution in [3.05, 3.63) is 0 Å². The van der Waals surface area contributed by atoms with Crippen molar-refractivity contribution in [2.75, 3.05) is 0 Å². The fourth-order valence-electron chi connectivity index (χ4n) is 0.153. The first kappa shape index (κ1) is 23.6. The van der Waals surface area contributed by atoms with Crippen molar-refractivity contribution in [1.29, 1.82) is 0 Å². The molecular weight excluding hydrogens is 310 g/mol. The third-order valence-electron chi connectivity index (χ3n) is 0.250. The molecule has 0 aliphatic carbocycles. The summed E-state index contributed by atoms with van der Waals surface area (Å²) < 4.78 is 2.57. The van der Waals surface area contributed by atoms with Crippen LogP contribution < -0.4 is 28.8 Å². The summed E-state index contributed by atoms with van der Waals surface area (Å²) >= 11 is 0. The van der Waals surface area contributed by atoms with E-state index in [1.54, 1.807) is 0 Å². The average molecular weight is 310 g/mol. The molecular formula is Co2MgO7Si2. The molecule has 0 N–H and O–H groups in total. The van der Waals surface area contributed by atoms with Gasteiger partial charge in [-0.2, -0.15) is 0 Å². The van der Waals surface area contributed by atoms with Crippen LogP contribution in [0, 0.1) is 0 Å². The van der Waals surface area contributed by atoms with E-state index in [2.05, 4.69) is 4.12 Å². The Morgan fingerprint density at radius 1 is 0.667 bits per heavy atom. The Morgan fingerprint density at radius 2 is 0.833 bits per heavy atom. The Hall–Kier alpha value is 1.93. The van der Waals surface area contributed by atoms with Crippen LogP contribution in [0.4, 0.5) is 0 Å². The smallest absolute Gasteiger partial charge is 0.862 e. The summed E-state index contributed by atoms with van der Waals surface area (Å²) in [6.07, 6.45) is 0. The van der Waals surface area contributed by atoms with E-state index in [1.807, 2.05) is 0 Å². The first-order valence-electron chi connectivity index (χ1n) is 1.63. The van der Waals surface area contributed by atoms with Crippen LogP contribution in [0.3, 0.4) is 0 Å². The van der Waals surface area contributed by atoms with Crippen LogP contribution in [-0.2, 0) is 37.7 Å². The van der Waals surface area contributed by atoms with Crippen LogP contribution in [0.15, 0.2) is 0 Å². The Morgan fingerprint density at radius 3 is 0.833 bits per heavy atom. The molecule has 7 nitrogen and oxygen atoms in total. The Bertz CT molecular complexity index is 84.6. The van der Waals surface area contributed by atoms with Crippen LogP contribution in [0.1, 0.15) is 0 Å². The van der Waals surface area contributed by atoms with Gasteiger partial charge in [0.2, 0.25) is 0 Å². The predicted molar refractivity (Wildman–Crippen MR) is 18.3 cm³/mol. The molecule has 0 bridgehead atoms. The minimum atomic E-state index is -5.92. The van der Waals surface area contributed by atoms with Gasteiger partial charge >= 0.3 is 56.6 Å². The molecule has 0 aromatic heterocycles. The molecule has 0 amide bonds. The van der Waals surface area contributed by atoms with Crippen LogP contribution in [0.2, 0.25) is 0 Å². The molecule has 0 unspecified atom stereocenters. The number of hydrogen-bond acceptors (Lipinski definition) is 7. The molecule has 0 saturated heterocycles. The number of rotatable bonds is 2. The maximum atomic E-state index is 9.36. The van der Waals surface area contributed by atoms with Crippen molar-refractivity contribution < 1.29 is 66.4 Å². The monoisotopic (exact) mass is 310 g/mol. The second-order valence-electron chi connectivity index (χ2n) is 1.10. The van der Waals surface area contributed by atoms with Gasteiger partial charge in [-0.3, -0.25) is 0 Å². The van der Waals surface area contributed by atoms with Gasteiger partial charge in [0.05, 0.1) is 0 Å². The van der Waals surface area contributed by atoms with Crippen molar-refractivity contribution in [2.24, 2.45) is 0 Å². The summed E-state index contributed by atoms with van der Waals surface area (Å²) in [7, 11) is -11.8. The van der Waals surface area contributed by atoms with E-state index < -0.39 is 18.1 Å². The van der Waals surface area contributed by atoms with Crippen LogP contribution >= 0.6 is 0 Å².